The number of nitrogens with one attached hydrogen (secondary N) is 1. The molecule has 1 aliphatic carbocycles. The van der Waals surface area contributed by atoms with E-state index in [0.717, 1.165) is 19.5 Å². The van der Waals surface area contributed by atoms with Crippen molar-refractivity contribution < 1.29 is 4.74 Å². The van der Waals surface area contributed by atoms with Gasteiger partial charge in [-0.05, 0) is 49.1 Å². The first-order chi connectivity index (χ1) is 9.81. The summed E-state index contributed by atoms with van der Waals surface area (Å²) in [7, 11) is 0. The number of ether oxygens (including phenoxy) is 1. The van der Waals surface area contributed by atoms with Crippen molar-refractivity contribution in [3.8, 4) is 0 Å². The maximum atomic E-state index is 6.41. The van der Waals surface area contributed by atoms with Crippen LogP contribution in [0.15, 0.2) is 11.4 Å². The fourth-order valence-electron chi connectivity index (χ4n) is 3.79. The van der Waals surface area contributed by atoms with Gasteiger partial charge >= 0.3 is 0 Å². The van der Waals surface area contributed by atoms with Crippen LogP contribution >= 0.6 is 11.3 Å². The SMILES string of the molecule is CCc1ccsc1CNCC1CCC2(CCCCC2)O1. The Bertz CT molecular complexity index is 422. The van der Waals surface area contributed by atoms with Gasteiger partial charge in [-0.3, -0.25) is 0 Å². The normalized spacial score (nSPS) is 25.4. The summed E-state index contributed by atoms with van der Waals surface area (Å²) in [6.45, 7) is 4.26. The Morgan fingerprint density at radius 1 is 1.30 bits per heavy atom. The van der Waals surface area contributed by atoms with Crippen LogP contribution in [0.2, 0.25) is 0 Å². The molecule has 3 rings (SSSR count). The fraction of sp³-hybridized carbons (Fsp3) is 0.765. The summed E-state index contributed by atoms with van der Waals surface area (Å²) in [5.74, 6) is 0. The van der Waals surface area contributed by atoms with Gasteiger partial charge in [-0.2, -0.15) is 0 Å². The Hall–Kier alpha value is -0.380. The molecule has 0 bridgehead atoms. The van der Waals surface area contributed by atoms with Gasteiger partial charge in [0.05, 0.1) is 11.7 Å². The molecule has 1 spiro atoms. The maximum absolute atomic E-state index is 6.41. The van der Waals surface area contributed by atoms with Gasteiger partial charge in [-0.15, -0.1) is 11.3 Å². The second kappa shape index (κ2) is 6.59. The summed E-state index contributed by atoms with van der Waals surface area (Å²) in [5, 5.41) is 5.82. The first-order valence-corrected chi connectivity index (χ1v) is 9.13. The molecule has 1 saturated heterocycles. The molecular weight excluding hydrogens is 266 g/mol. The van der Waals surface area contributed by atoms with Gasteiger partial charge in [-0.1, -0.05) is 26.2 Å². The van der Waals surface area contributed by atoms with Gasteiger partial charge in [0.2, 0.25) is 0 Å². The lowest BCUT2D eigenvalue weighted by Gasteiger charge is -2.33. The number of rotatable bonds is 5. The van der Waals surface area contributed by atoms with E-state index in [1.54, 1.807) is 0 Å². The number of hydrogen-bond donors (Lipinski definition) is 1. The molecule has 1 aliphatic heterocycles. The van der Waals surface area contributed by atoms with Gasteiger partial charge in [0.1, 0.15) is 0 Å². The topological polar surface area (TPSA) is 21.3 Å². The molecule has 1 aromatic heterocycles. The largest absolute Gasteiger partial charge is 0.370 e. The van der Waals surface area contributed by atoms with Crippen LogP contribution in [0.4, 0.5) is 0 Å². The summed E-state index contributed by atoms with van der Waals surface area (Å²) in [5.41, 5.74) is 1.76. The van der Waals surface area contributed by atoms with E-state index in [1.807, 2.05) is 11.3 Å². The quantitative estimate of drug-likeness (QED) is 0.875. The number of aryl methyl sites for hydroxylation is 1. The maximum Gasteiger partial charge on any atom is 0.0708 e. The Labute approximate surface area is 126 Å². The third-order valence-electron chi connectivity index (χ3n) is 4.98. The molecule has 1 aromatic rings. The van der Waals surface area contributed by atoms with Crippen molar-refractivity contribution in [3.63, 3.8) is 0 Å². The van der Waals surface area contributed by atoms with E-state index >= 15 is 0 Å². The zero-order valence-electron chi connectivity index (χ0n) is 12.6. The highest BCUT2D eigenvalue weighted by atomic mass is 32.1. The Morgan fingerprint density at radius 3 is 2.95 bits per heavy atom. The molecule has 0 aromatic carbocycles. The molecule has 0 radical (unpaired) electrons. The van der Waals surface area contributed by atoms with Crippen LogP contribution < -0.4 is 5.32 Å². The second-order valence-corrected chi connectivity index (χ2v) is 7.38. The van der Waals surface area contributed by atoms with Crippen LogP contribution in [0.5, 0.6) is 0 Å². The summed E-state index contributed by atoms with van der Waals surface area (Å²) < 4.78 is 6.41. The van der Waals surface area contributed by atoms with Gasteiger partial charge in [0.15, 0.2) is 0 Å². The van der Waals surface area contributed by atoms with E-state index in [0.29, 0.717) is 6.10 Å². The predicted octanol–water partition coefficient (Wildman–Crippen LogP) is 4.28. The minimum atomic E-state index is 0.266. The predicted molar refractivity (Wildman–Crippen MR) is 85.3 cm³/mol. The molecule has 1 unspecified atom stereocenters. The average Bonchev–Trinajstić information content (AvgIpc) is 3.07. The third-order valence-corrected chi connectivity index (χ3v) is 5.94. The van der Waals surface area contributed by atoms with Crippen LogP contribution in [0.1, 0.15) is 62.3 Å². The Morgan fingerprint density at radius 2 is 2.15 bits per heavy atom. The van der Waals surface area contributed by atoms with Crippen molar-refractivity contribution in [1.82, 2.24) is 5.32 Å². The fourth-order valence-corrected chi connectivity index (χ4v) is 4.73. The molecule has 1 N–H and O–H groups in total. The van der Waals surface area contributed by atoms with Crippen molar-refractivity contribution in [1.29, 1.82) is 0 Å². The van der Waals surface area contributed by atoms with Gasteiger partial charge in [0.25, 0.3) is 0 Å². The zero-order chi connectivity index (χ0) is 13.8. The van der Waals surface area contributed by atoms with Crippen LogP contribution in [0, 0.1) is 0 Å². The van der Waals surface area contributed by atoms with Crippen molar-refractivity contribution in [3.05, 3.63) is 21.9 Å². The van der Waals surface area contributed by atoms with Crippen molar-refractivity contribution in [2.75, 3.05) is 6.54 Å². The summed E-state index contributed by atoms with van der Waals surface area (Å²) >= 11 is 1.87. The van der Waals surface area contributed by atoms with Gasteiger partial charge < -0.3 is 10.1 Å². The van der Waals surface area contributed by atoms with Crippen LogP contribution in [-0.4, -0.2) is 18.2 Å². The second-order valence-electron chi connectivity index (χ2n) is 6.38. The highest BCUT2D eigenvalue weighted by molar-refractivity contribution is 7.10. The van der Waals surface area contributed by atoms with E-state index in [-0.39, 0.29) is 5.60 Å². The smallest absolute Gasteiger partial charge is 0.0708 e. The number of thiophene rings is 1. The van der Waals surface area contributed by atoms with Crippen molar-refractivity contribution in [2.24, 2.45) is 0 Å². The Balaban J connectivity index is 1.43. The Kier molecular flexibility index (Phi) is 4.79. The van der Waals surface area contributed by atoms with E-state index in [4.69, 9.17) is 4.74 Å². The highest BCUT2D eigenvalue weighted by Crippen LogP contribution is 2.41. The lowest BCUT2D eigenvalue weighted by Crippen LogP contribution is -2.34. The molecular formula is C17H27NOS. The monoisotopic (exact) mass is 293 g/mol. The number of hydrogen-bond acceptors (Lipinski definition) is 3. The van der Waals surface area contributed by atoms with E-state index in [2.05, 4.69) is 23.7 Å². The molecule has 1 atom stereocenters. The molecule has 112 valence electrons. The molecule has 2 aliphatic rings. The van der Waals surface area contributed by atoms with Crippen LogP contribution in [-0.2, 0) is 17.7 Å². The van der Waals surface area contributed by atoms with E-state index in [1.165, 1.54) is 55.4 Å². The first kappa shape index (κ1) is 14.6. The average molecular weight is 293 g/mol. The van der Waals surface area contributed by atoms with E-state index in [9.17, 15) is 0 Å². The first-order valence-electron chi connectivity index (χ1n) is 8.25. The third kappa shape index (κ3) is 3.26. The van der Waals surface area contributed by atoms with Crippen LogP contribution in [0.25, 0.3) is 0 Å². The molecule has 0 amide bonds. The minimum Gasteiger partial charge on any atom is -0.370 e. The van der Waals surface area contributed by atoms with E-state index < -0.39 is 0 Å². The molecule has 3 heteroatoms. The van der Waals surface area contributed by atoms with Crippen LogP contribution in [0.3, 0.4) is 0 Å². The lowest BCUT2D eigenvalue weighted by atomic mass is 9.83. The standard InChI is InChI=1S/C17H27NOS/c1-2-14-7-11-20-16(14)13-18-12-15-6-10-17(19-15)8-4-3-5-9-17/h7,11,15,18H,2-6,8-10,12-13H2,1H3. The summed E-state index contributed by atoms with van der Waals surface area (Å²) in [6, 6.07) is 2.25. The molecule has 2 nitrogen and oxygen atoms in total. The minimum absolute atomic E-state index is 0.266. The highest BCUT2D eigenvalue weighted by Gasteiger charge is 2.40. The van der Waals surface area contributed by atoms with Crippen molar-refractivity contribution in [2.45, 2.75) is 76.5 Å². The molecule has 2 fully saturated rings. The van der Waals surface area contributed by atoms with Crippen molar-refractivity contribution >= 4 is 11.3 Å². The molecule has 2 heterocycles. The molecule has 20 heavy (non-hydrogen) atoms. The lowest BCUT2D eigenvalue weighted by molar-refractivity contribution is -0.0624. The summed E-state index contributed by atoms with van der Waals surface area (Å²) in [4.78, 5) is 1.50. The van der Waals surface area contributed by atoms with Gasteiger partial charge in [-0.25, -0.2) is 0 Å². The molecule has 1 saturated carbocycles. The van der Waals surface area contributed by atoms with Gasteiger partial charge in [0, 0.05) is 18.0 Å². The summed E-state index contributed by atoms with van der Waals surface area (Å²) in [6.07, 6.45) is 10.9. The zero-order valence-corrected chi connectivity index (χ0v) is 13.4.